The van der Waals surface area contributed by atoms with E-state index in [2.05, 4.69) is 190 Å². The number of anilines is 3. The van der Waals surface area contributed by atoms with E-state index >= 15 is 0 Å². The molecular formula is C42H29N3. The molecular weight excluding hydrogens is 546 g/mol. The Labute approximate surface area is 261 Å². The van der Waals surface area contributed by atoms with E-state index in [0.29, 0.717) is 0 Å². The minimum absolute atomic E-state index is 1.10. The van der Waals surface area contributed by atoms with Crippen LogP contribution in [0, 0.1) is 0 Å². The van der Waals surface area contributed by atoms with E-state index in [1.807, 2.05) is 0 Å². The van der Waals surface area contributed by atoms with E-state index in [9.17, 15) is 0 Å². The van der Waals surface area contributed by atoms with Crippen molar-refractivity contribution in [2.45, 2.75) is 0 Å². The first-order valence-corrected chi connectivity index (χ1v) is 15.4. The molecule has 212 valence electrons. The maximum absolute atomic E-state index is 2.45. The van der Waals surface area contributed by atoms with Crippen molar-refractivity contribution >= 4 is 60.7 Å². The van der Waals surface area contributed by atoms with Crippen molar-refractivity contribution in [1.29, 1.82) is 0 Å². The van der Waals surface area contributed by atoms with Gasteiger partial charge in [-0.25, -0.2) is 0 Å². The van der Waals surface area contributed by atoms with Crippen molar-refractivity contribution in [3.8, 4) is 11.4 Å². The number of rotatable bonds is 5. The summed E-state index contributed by atoms with van der Waals surface area (Å²) in [5.41, 5.74) is 10.4. The quantitative estimate of drug-likeness (QED) is 0.199. The van der Waals surface area contributed by atoms with Crippen LogP contribution in [0.5, 0.6) is 0 Å². The Bertz CT molecular complexity index is 2390. The lowest BCUT2D eigenvalue weighted by molar-refractivity contribution is 1.13. The summed E-state index contributed by atoms with van der Waals surface area (Å²) in [6.07, 6.45) is 0. The Morgan fingerprint density at radius 1 is 0.333 bits per heavy atom. The lowest BCUT2D eigenvalue weighted by Crippen LogP contribution is -2.10. The molecule has 9 aromatic rings. The highest BCUT2D eigenvalue weighted by atomic mass is 15.1. The number of hydrogen-bond donors (Lipinski definition) is 0. The number of benzene rings is 7. The standard InChI is InChI=1S/C42H29N3/c1-3-15-30(16-4-1)43(31-17-5-2-6-18-31)32-19-13-20-33(29-32)44-38-25-10-9-23-36(38)37-24-14-28-41(42(37)44)45-39-26-11-7-21-34(39)35-22-8-12-27-40(35)45/h1-29H. The third-order valence-corrected chi connectivity index (χ3v) is 8.87. The normalized spacial score (nSPS) is 11.6. The Morgan fingerprint density at radius 2 is 0.778 bits per heavy atom. The molecule has 0 unspecified atom stereocenters. The average molecular weight is 576 g/mol. The molecule has 0 saturated carbocycles. The Balaban J connectivity index is 1.36. The Hall–Kier alpha value is -6.06. The fourth-order valence-electron chi connectivity index (χ4n) is 7.00. The number of aromatic nitrogens is 2. The summed E-state index contributed by atoms with van der Waals surface area (Å²) in [7, 11) is 0. The van der Waals surface area contributed by atoms with E-state index in [0.717, 1.165) is 28.4 Å². The van der Waals surface area contributed by atoms with Crippen LogP contribution < -0.4 is 4.90 Å². The van der Waals surface area contributed by atoms with Crippen molar-refractivity contribution in [3.63, 3.8) is 0 Å². The molecule has 0 radical (unpaired) electrons. The van der Waals surface area contributed by atoms with Gasteiger partial charge < -0.3 is 14.0 Å². The first-order valence-electron chi connectivity index (χ1n) is 15.4. The molecule has 0 fully saturated rings. The molecule has 0 bridgehead atoms. The zero-order valence-corrected chi connectivity index (χ0v) is 24.6. The summed E-state index contributed by atoms with van der Waals surface area (Å²) < 4.78 is 4.88. The SMILES string of the molecule is c1ccc(N(c2ccccc2)c2cccc(-n3c4ccccc4c4cccc(-n5c6ccccc6c6ccccc65)c43)c2)cc1. The lowest BCUT2D eigenvalue weighted by Gasteiger charge is -2.26. The Morgan fingerprint density at radius 3 is 1.38 bits per heavy atom. The molecule has 2 heterocycles. The zero-order valence-electron chi connectivity index (χ0n) is 24.6. The number of para-hydroxylation sites is 6. The fourth-order valence-corrected chi connectivity index (χ4v) is 7.00. The molecule has 0 spiro atoms. The molecule has 7 aromatic carbocycles. The monoisotopic (exact) mass is 575 g/mol. The van der Waals surface area contributed by atoms with Gasteiger partial charge in [0.2, 0.25) is 0 Å². The second-order valence-electron chi connectivity index (χ2n) is 11.4. The summed E-state index contributed by atoms with van der Waals surface area (Å²) in [5.74, 6) is 0. The molecule has 0 aliphatic carbocycles. The van der Waals surface area contributed by atoms with Gasteiger partial charge in [-0.15, -0.1) is 0 Å². The van der Waals surface area contributed by atoms with E-state index in [1.54, 1.807) is 0 Å². The van der Waals surface area contributed by atoms with E-state index in [1.165, 1.54) is 43.6 Å². The highest BCUT2D eigenvalue weighted by molar-refractivity contribution is 6.15. The van der Waals surface area contributed by atoms with Crippen molar-refractivity contribution in [2.75, 3.05) is 4.90 Å². The smallest absolute Gasteiger partial charge is 0.0782 e. The van der Waals surface area contributed by atoms with Gasteiger partial charge in [-0.05, 0) is 66.7 Å². The first kappa shape index (κ1) is 25.4. The van der Waals surface area contributed by atoms with Gasteiger partial charge in [0.05, 0.1) is 27.8 Å². The maximum atomic E-state index is 2.45. The number of hydrogen-bond acceptors (Lipinski definition) is 1. The van der Waals surface area contributed by atoms with Gasteiger partial charge in [0.1, 0.15) is 0 Å². The van der Waals surface area contributed by atoms with Crippen LogP contribution in [0.2, 0.25) is 0 Å². The van der Waals surface area contributed by atoms with Crippen molar-refractivity contribution in [3.05, 3.63) is 176 Å². The van der Waals surface area contributed by atoms with Crippen LogP contribution in [0.4, 0.5) is 17.1 Å². The molecule has 0 aliphatic rings. The molecule has 45 heavy (non-hydrogen) atoms. The van der Waals surface area contributed by atoms with Crippen molar-refractivity contribution in [1.82, 2.24) is 9.13 Å². The molecule has 9 rings (SSSR count). The van der Waals surface area contributed by atoms with Crippen LogP contribution in [-0.4, -0.2) is 9.13 Å². The lowest BCUT2D eigenvalue weighted by atomic mass is 10.1. The zero-order chi connectivity index (χ0) is 29.7. The molecule has 0 aliphatic heterocycles. The minimum Gasteiger partial charge on any atom is -0.310 e. The van der Waals surface area contributed by atoms with Gasteiger partial charge in [-0.2, -0.15) is 0 Å². The predicted octanol–water partition coefficient (Wildman–Crippen LogP) is 11.4. The number of nitrogens with zero attached hydrogens (tertiary/aromatic N) is 3. The predicted molar refractivity (Wildman–Crippen MR) is 190 cm³/mol. The van der Waals surface area contributed by atoms with Crippen LogP contribution in [-0.2, 0) is 0 Å². The van der Waals surface area contributed by atoms with Gasteiger partial charge in [0.15, 0.2) is 0 Å². The van der Waals surface area contributed by atoms with E-state index < -0.39 is 0 Å². The van der Waals surface area contributed by atoms with Crippen LogP contribution in [0.15, 0.2) is 176 Å². The summed E-state index contributed by atoms with van der Waals surface area (Å²) in [5, 5.41) is 4.99. The molecule has 0 atom stereocenters. The molecule has 3 nitrogen and oxygen atoms in total. The molecule has 3 heteroatoms. The molecule has 0 N–H and O–H groups in total. The Kier molecular flexibility index (Phi) is 5.82. The van der Waals surface area contributed by atoms with Crippen LogP contribution in [0.3, 0.4) is 0 Å². The van der Waals surface area contributed by atoms with Gasteiger partial charge in [-0.1, -0.05) is 109 Å². The third kappa shape index (κ3) is 3.98. The molecule has 0 amide bonds. The van der Waals surface area contributed by atoms with Crippen LogP contribution in [0.1, 0.15) is 0 Å². The maximum Gasteiger partial charge on any atom is 0.0782 e. The average Bonchev–Trinajstić information content (AvgIpc) is 3.63. The minimum atomic E-state index is 1.10. The second-order valence-corrected chi connectivity index (χ2v) is 11.4. The van der Waals surface area contributed by atoms with Crippen molar-refractivity contribution < 1.29 is 0 Å². The largest absolute Gasteiger partial charge is 0.310 e. The van der Waals surface area contributed by atoms with Crippen LogP contribution in [0.25, 0.3) is 55.0 Å². The second kappa shape index (κ2) is 10.3. The highest BCUT2D eigenvalue weighted by Crippen LogP contribution is 2.41. The van der Waals surface area contributed by atoms with E-state index in [-0.39, 0.29) is 0 Å². The topological polar surface area (TPSA) is 13.1 Å². The van der Waals surface area contributed by atoms with Crippen molar-refractivity contribution in [2.24, 2.45) is 0 Å². The summed E-state index contributed by atoms with van der Waals surface area (Å²) in [6, 6.07) is 63.1. The number of fused-ring (bicyclic) bond motifs is 6. The fraction of sp³-hybridized carbons (Fsp3) is 0. The van der Waals surface area contributed by atoms with Gasteiger partial charge >= 0.3 is 0 Å². The van der Waals surface area contributed by atoms with Gasteiger partial charge in [-0.3, -0.25) is 0 Å². The first-order chi connectivity index (χ1) is 22.4. The summed E-state index contributed by atoms with van der Waals surface area (Å²) in [6.45, 7) is 0. The third-order valence-electron chi connectivity index (χ3n) is 8.87. The van der Waals surface area contributed by atoms with E-state index in [4.69, 9.17) is 0 Å². The highest BCUT2D eigenvalue weighted by Gasteiger charge is 2.20. The molecule has 2 aromatic heterocycles. The molecule has 0 saturated heterocycles. The van der Waals surface area contributed by atoms with Crippen LogP contribution >= 0.6 is 0 Å². The summed E-state index contributed by atoms with van der Waals surface area (Å²) >= 11 is 0. The van der Waals surface area contributed by atoms with Gasteiger partial charge in [0, 0.05) is 44.3 Å². The summed E-state index contributed by atoms with van der Waals surface area (Å²) in [4.78, 5) is 2.32. The van der Waals surface area contributed by atoms with Gasteiger partial charge in [0.25, 0.3) is 0 Å².